The summed E-state index contributed by atoms with van der Waals surface area (Å²) in [5.74, 6) is -6.71. The Balaban J connectivity index is 3.01. The highest BCUT2D eigenvalue weighted by atomic mass is 19.2. The van der Waals surface area contributed by atoms with Crippen LogP contribution >= 0.6 is 0 Å². The lowest BCUT2D eigenvalue weighted by molar-refractivity contribution is 0.0982. The zero-order valence-corrected chi connectivity index (χ0v) is 11.5. The Bertz CT molecular complexity index is 433. The van der Waals surface area contributed by atoms with E-state index in [1.807, 2.05) is 27.7 Å². The zero-order chi connectivity index (χ0) is 14.8. The first kappa shape index (κ1) is 15.8. The van der Waals surface area contributed by atoms with Gasteiger partial charge in [-0.3, -0.25) is 0 Å². The topological polar surface area (TPSA) is 9.23 Å². The van der Waals surface area contributed by atoms with Crippen LogP contribution in [0.15, 0.2) is 6.07 Å². The second kappa shape index (κ2) is 5.80. The highest BCUT2D eigenvalue weighted by molar-refractivity contribution is 5.28. The zero-order valence-electron chi connectivity index (χ0n) is 11.5. The van der Waals surface area contributed by atoms with E-state index in [1.54, 1.807) is 0 Å². The van der Waals surface area contributed by atoms with Crippen LogP contribution in [-0.2, 0) is 0 Å². The van der Waals surface area contributed by atoms with Gasteiger partial charge in [0.15, 0.2) is 17.4 Å². The van der Waals surface area contributed by atoms with Crippen LogP contribution in [0, 0.1) is 34.6 Å². The molecule has 0 spiro atoms. The van der Waals surface area contributed by atoms with Crippen LogP contribution in [-0.4, -0.2) is 6.61 Å². The SMILES string of the molecule is CCC(C)(COc1c(F)c(F)cc(F)c1F)C(C)C. The molecule has 1 nitrogen and oxygen atoms in total. The number of rotatable bonds is 5. The molecule has 5 heteroatoms. The Kier molecular flexibility index (Phi) is 4.82. The molecule has 1 aromatic rings. The van der Waals surface area contributed by atoms with E-state index in [1.165, 1.54) is 0 Å². The van der Waals surface area contributed by atoms with Crippen molar-refractivity contribution in [1.29, 1.82) is 0 Å². The molecule has 0 heterocycles. The molecule has 0 fully saturated rings. The van der Waals surface area contributed by atoms with Crippen molar-refractivity contribution in [3.8, 4) is 5.75 Å². The van der Waals surface area contributed by atoms with Crippen LogP contribution in [0.3, 0.4) is 0 Å². The summed E-state index contributed by atoms with van der Waals surface area (Å²) in [5.41, 5.74) is -0.332. The molecule has 1 aromatic carbocycles. The average Bonchev–Trinajstić information content (AvgIpc) is 2.35. The van der Waals surface area contributed by atoms with E-state index >= 15 is 0 Å². The van der Waals surface area contributed by atoms with Crippen LogP contribution in [0.2, 0.25) is 0 Å². The fourth-order valence-corrected chi connectivity index (χ4v) is 1.59. The van der Waals surface area contributed by atoms with Gasteiger partial charge >= 0.3 is 0 Å². The molecule has 1 unspecified atom stereocenters. The van der Waals surface area contributed by atoms with E-state index in [2.05, 4.69) is 0 Å². The lowest BCUT2D eigenvalue weighted by Crippen LogP contribution is -2.30. The number of benzene rings is 1. The van der Waals surface area contributed by atoms with Gasteiger partial charge in [-0.2, -0.15) is 8.78 Å². The van der Waals surface area contributed by atoms with Crippen molar-refractivity contribution in [2.75, 3.05) is 6.61 Å². The summed E-state index contributed by atoms with van der Waals surface area (Å²) < 4.78 is 57.9. The van der Waals surface area contributed by atoms with Gasteiger partial charge in [-0.25, -0.2) is 8.78 Å². The predicted octanol–water partition coefficient (Wildman–Crippen LogP) is 4.69. The second-order valence-electron chi connectivity index (χ2n) is 5.25. The number of hydrogen-bond acceptors (Lipinski definition) is 1. The lowest BCUT2D eigenvalue weighted by atomic mass is 9.78. The minimum atomic E-state index is -1.50. The van der Waals surface area contributed by atoms with E-state index in [0.29, 0.717) is 6.42 Å². The number of hydrogen-bond donors (Lipinski definition) is 0. The lowest BCUT2D eigenvalue weighted by Gasteiger charge is -2.32. The molecule has 0 amide bonds. The monoisotopic (exact) mass is 278 g/mol. The normalized spacial score (nSPS) is 14.6. The summed E-state index contributed by atoms with van der Waals surface area (Å²) >= 11 is 0. The van der Waals surface area contributed by atoms with Gasteiger partial charge in [0.2, 0.25) is 11.6 Å². The molecule has 1 atom stereocenters. The molecule has 0 N–H and O–H groups in total. The summed E-state index contributed by atoms with van der Waals surface area (Å²) in [5, 5.41) is 0. The van der Waals surface area contributed by atoms with Crippen molar-refractivity contribution in [3.63, 3.8) is 0 Å². The van der Waals surface area contributed by atoms with E-state index < -0.39 is 29.0 Å². The molecule has 0 aliphatic carbocycles. The van der Waals surface area contributed by atoms with Gasteiger partial charge in [-0.05, 0) is 12.3 Å². The molecule has 108 valence electrons. The van der Waals surface area contributed by atoms with Crippen molar-refractivity contribution in [2.45, 2.75) is 34.1 Å². The van der Waals surface area contributed by atoms with Gasteiger partial charge in [0, 0.05) is 11.5 Å². The molecule has 0 saturated carbocycles. The molecule has 1 rings (SSSR count). The van der Waals surface area contributed by atoms with E-state index in [0.717, 1.165) is 0 Å². The molecule has 0 bridgehead atoms. The molecular formula is C14H18F4O. The predicted molar refractivity (Wildman–Crippen MR) is 65.0 cm³/mol. The highest BCUT2D eigenvalue weighted by Gasteiger charge is 2.29. The molecule has 0 aliphatic heterocycles. The van der Waals surface area contributed by atoms with E-state index in [9.17, 15) is 17.6 Å². The molecule has 0 aliphatic rings. The van der Waals surface area contributed by atoms with Gasteiger partial charge in [0.05, 0.1) is 6.61 Å². The Hall–Kier alpha value is -1.26. The molecule has 19 heavy (non-hydrogen) atoms. The Morgan fingerprint density at radius 3 is 1.95 bits per heavy atom. The Morgan fingerprint density at radius 1 is 1.11 bits per heavy atom. The van der Waals surface area contributed by atoms with Gasteiger partial charge < -0.3 is 4.74 Å². The van der Waals surface area contributed by atoms with E-state index in [4.69, 9.17) is 4.74 Å². The summed E-state index contributed by atoms with van der Waals surface area (Å²) in [7, 11) is 0. The number of ether oxygens (including phenoxy) is 1. The number of halogens is 4. The first-order valence-corrected chi connectivity index (χ1v) is 6.18. The average molecular weight is 278 g/mol. The van der Waals surface area contributed by atoms with Crippen molar-refractivity contribution < 1.29 is 22.3 Å². The van der Waals surface area contributed by atoms with Crippen molar-refractivity contribution >= 4 is 0 Å². The van der Waals surface area contributed by atoms with Gasteiger partial charge in [0.1, 0.15) is 0 Å². The summed E-state index contributed by atoms with van der Waals surface area (Å²) in [6, 6.07) is 0.166. The fraction of sp³-hybridized carbons (Fsp3) is 0.571. The Morgan fingerprint density at radius 2 is 1.58 bits per heavy atom. The maximum absolute atomic E-state index is 13.4. The molecule has 0 aromatic heterocycles. The quantitative estimate of drug-likeness (QED) is 0.560. The van der Waals surface area contributed by atoms with Crippen molar-refractivity contribution in [3.05, 3.63) is 29.3 Å². The second-order valence-corrected chi connectivity index (χ2v) is 5.25. The van der Waals surface area contributed by atoms with Crippen LogP contribution in [0.1, 0.15) is 34.1 Å². The van der Waals surface area contributed by atoms with Crippen LogP contribution in [0.4, 0.5) is 17.6 Å². The first-order valence-electron chi connectivity index (χ1n) is 6.18. The maximum Gasteiger partial charge on any atom is 0.203 e. The van der Waals surface area contributed by atoms with Crippen LogP contribution in [0.5, 0.6) is 5.75 Å². The largest absolute Gasteiger partial charge is 0.487 e. The summed E-state index contributed by atoms with van der Waals surface area (Å²) in [4.78, 5) is 0. The summed E-state index contributed by atoms with van der Waals surface area (Å²) in [6.07, 6.45) is 0.714. The highest BCUT2D eigenvalue weighted by Crippen LogP contribution is 2.33. The van der Waals surface area contributed by atoms with Gasteiger partial charge in [-0.1, -0.05) is 27.7 Å². The third-order valence-electron chi connectivity index (χ3n) is 3.82. The molecular weight excluding hydrogens is 260 g/mol. The molecule has 0 radical (unpaired) electrons. The smallest absolute Gasteiger partial charge is 0.203 e. The fourth-order valence-electron chi connectivity index (χ4n) is 1.59. The van der Waals surface area contributed by atoms with Crippen molar-refractivity contribution in [2.24, 2.45) is 11.3 Å². The van der Waals surface area contributed by atoms with Crippen LogP contribution < -0.4 is 4.74 Å². The minimum Gasteiger partial charge on any atom is -0.487 e. The van der Waals surface area contributed by atoms with Crippen molar-refractivity contribution in [1.82, 2.24) is 0 Å². The standard InChI is InChI=1S/C14H18F4O/c1-5-14(4,8(2)3)7-19-13-11(17)9(15)6-10(16)12(13)18/h6,8H,5,7H2,1-4H3. The third-order valence-corrected chi connectivity index (χ3v) is 3.82. The summed E-state index contributed by atoms with van der Waals surface area (Å²) in [6.45, 7) is 7.70. The van der Waals surface area contributed by atoms with Crippen LogP contribution in [0.25, 0.3) is 0 Å². The maximum atomic E-state index is 13.4. The van der Waals surface area contributed by atoms with Gasteiger partial charge in [-0.15, -0.1) is 0 Å². The Labute approximate surface area is 110 Å². The third kappa shape index (κ3) is 3.19. The molecule has 0 saturated heterocycles. The first-order chi connectivity index (χ1) is 8.73. The van der Waals surface area contributed by atoms with E-state index in [-0.39, 0.29) is 24.0 Å². The minimum absolute atomic E-state index is 0.0160. The van der Waals surface area contributed by atoms with Gasteiger partial charge in [0.25, 0.3) is 0 Å².